The van der Waals surface area contributed by atoms with Crippen molar-refractivity contribution in [3.05, 3.63) is 41.8 Å². The third-order valence-electron chi connectivity index (χ3n) is 7.15. The molecule has 0 saturated carbocycles. The average Bonchev–Trinajstić information content (AvgIpc) is 3.25. The van der Waals surface area contributed by atoms with Crippen molar-refractivity contribution in [2.24, 2.45) is 17.6 Å². The van der Waals surface area contributed by atoms with Gasteiger partial charge in [0, 0.05) is 18.4 Å². The Labute approximate surface area is 203 Å². The van der Waals surface area contributed by atoms with Crippen molar-refractivity contribution in [2.75, 3.05) is 32.0 Å². The van der Waals surface area contributed by atoms with Gasteiger partial charge in [0.05, 0.1) is 24.1 Å². The van der Waals surface area contributed by atoms with Gasteiger partial charge in [-0.15, -0.1) is 0 Å². The van der Waals surface area contributed by atoms with Crippen LogP contribution in [0.1, 0.15) is 42.1 Å². The molecule has 1 aromatic carbocycles. The van der Waals surface area contributed by atoms with E-state index < -0.39 is 35.8 Å². The molecule has 1 aromatic heterocycles. The Morgan fingerprint density at radius 2 is 1.91 bits per heavy atom. The van der Waals surface area contributed by atoms with Crippen LogP contribution >= 0.6 is 0 Å². The molecule has 3 atom stereocenters. The Balaban J connectivity index is 1.61. The van der Waals surface area contributed by atoms with Gasteiger partial charge < -0.3 is 26.0 Å². The number of amides is 2. The number of aromatic nitrogens is 2. The molecule has 2 aliphatic heterocycles. The second-order valence-electron chi connectivity index (χ2n) is 9.40. The Morgan fingerprint density at radius 1 is 1.23 bits per heavy atom. The highest BCUT2D eigenvalue weighted by atomic mass is 19.1. The minimum absolute atomic E-state index is 0.138. The van der Waals surface area contributed by atoms with E-state index in [4.69, 9.17) is 5.73 Å². The summed E-state index contributed by atoms with van der Waals surface area (Å²) in [5.74, 6) is -1.19. The lowest BCUT2D eigenvalue weighted by atomic mass is 9.79. The monoisotopic (exact) mass is 483 g/mol. The Bertz CT molecular complexity index is 1110. The molecule has 2 fully saturated rings. The van der Waals surface area contributed by atoms with Crippen LogP contribution < -0.4 is 11.1 Å². The number of benzene rings is 1. The number of nitrogens with one attached hydrogen (secondary N) is 1. The summed E-state index contributed by atoms with van der Waals surface area (Å²) in [5, 5.41) is 27.5. The molecule has 3 unspecified atom stereocenters. The number of carbonyl (C=O) groups excluding carboxylic acids is 1. The first-order valence-electron chi connectivity index (χ1n) is 11.8. The van der Waals surface area contributed by atoms with Crippen LogP contribution in [0, 0.1) is 29.0 Å². The summed E-state index contributed by atoms with van der Waals surface area (Å²) < 4.78 is 14.8. The van der Waals surface area contributed by atoms with E-state index in [1.807, 2.05) is 0 Å². The van der Waals surface area contributed by atoms with Gasteiger partial charge in [0.1, 0.15) is 11.4 Å². The van der Waals surface area contributed by atoms with Gasteiger partial charge in [-0.1, -0.05) is 0 Å². The standard InChI is InChI=1S/C24H30FN7O3/c1-30-9-6-15(7-10-30)12-21-18(13-26)20(8-11-31(21)24(34)35)32-14-19(22(27)33)23(29-32)28-17-4-2-16(25)3-5-17/h2-5,14-15,18,20-21H,6-12H2,1H3,(H2,27,33)(H,28,29)(H,34,35). The van der Waals surface area contributed by atoms with Gasteiger partial charge in [0.2, 0.25) is 0 Å². The molecule has 0 aliphatic carbocycles. The third kappa shape index (κ3) is 5.38. The lowest BCUT2D eigenvalue weighted by molar-refractivity contribution is 0.0492. The number of halogens is 1. The lowest BCUT2D eigenvalue weighted by Crippen LogP contribution is -2.52. The van der Waals surface area contributed by atoms with E-state index >= 15 is 0 Å². The first-order chi connectivity index (χ1) is 16.8. The average molecular weight is 484 g/mol. The predicted octanol–water partition coefficient (Wildman–Crippen LogP) is 3.03. The van der Waals surface area contributed by atoms with Crippen molar-refractivity contribution >= 4 is 23.5 Å². The molecule has 0 radical (unpaired) electrons. The first kappa shape index (κ1) is 24.5. The SMILES string of the molecule is CN1CCC(CC2C(C#N)C(n3cc(C(N)=O)c(Nc4ccc(F)cc4)n3)CCN2C(=O)O)CC1. The molecule has 186 valence electrons. The van der Waals surface area contributed by atoms with E-state index in [1.54, 1.807) is 4.68 Å². The highest BCUT2D eigenvalue weighted by Crippen LogP contribution is 2.38. The number of nitriles is 1. The molecule has 2 saturated heterocycles. The van der Waals surface area contributed by atoms with Gasteiger partial charge in [0.25, 0.3) is 5.91 Å². The highest BCUT2D eigenvalue weighted by molar-refractivity contribution is 5.98. The number of anilines is 2. The molecule has 3 heterocycles. The second-order valence-corrected chi connectivity index (χ2v) is 9.40. The largest absolute Gasteiger partial charge is 0.465 e. The van der Waals surface area contributed by atoms with Crippen LogP contribution in [0.2, 0.25) is 0 Å². The van der Waals surface area contributed by atoms with Crippen molar-refractivity contribution < 1.29 is 19.1 Å². The van der Waals surface area contributed by atoms with Crippen molar-refractivity contribution in [1.29, 1.82) is 5.26 Å². The number of carboxylic acid groups (broad SMARTS) is 1. The number of piperidine rings is 2. The van der Waals surface area contributed by atoms with Gasteiger partial charge in [0.15, 0.2) is 5.82 Å². The van der Waals surface area contributed by atoms with Crippen LogP contribution in [-0.4, -0.2) is 69.4 Å². The zero-order valence-electron chi connectivity index (χ0n) is 19.6. The minimum atomic E-state index is -1.03. The molecule has 4 rings (SSSR count). The number of primary amides is 1. The van der Waals surface area contributed by atoms with Crippen molar-refractivity contribution in [2.45, 2.75) is 37.8 Å². The predicted molar refractivity (Wildman–Crippen MR) is 127 cm³/mol. The highest BCUT2D eigenvalue weighted by Gasteiger charge is 2.43. The van der Waals surface area contributed by atoms with Crippen LogP contribution in [0.15, 0.2) is 30.5 Å². The van der Waals surface area contributed by atoms with Gasteiger partial charge >= 0.3 is 6.09 Å². The smallest absolute Gasteiger partial charge is 0.407 e. The van der Waals surface area contributed by atoms with Crippen LogP contribution in [0.25, 0.3) is 0 Å². The molecule has 2 aromatic rings. The molecule has 10 nitrogen and oxygen atoms in total. The van der Waals surface area contributed by atoms with Crippen molar-refractivity contribution in [3.63, 3.8) is 0 Å². The summed E-state index contributed by atoms with van der Waals surface area (Å²) in [6, 6.07) is 7.04. The van der Waals surface area contributed by atoms with Crippen LogP contribution in [0.3, 0.4) is 0 Å². The van der Waals surface area contributed by atoms with Crippen LogP contribution in [0.4, 0.5) is 20.7 Å². The van der Waals surface area contributed by atoms with E-state index in [0.29, 0.717) is 24.4 Å². The summed E-state index contributed by atoms with van der Waals surface area (Å²) in [4.78, 5) is 27.8. The third-order valence-corrected chi connectivity index (χ3v) is 7.15. The van der Waals surface area contributed by atoms with E-state index in [-0.39, 0.29) is 17.9 Å². The number of nitrogens with zero attached hydrogens (tertiary/aromatic N) is 5. The van der Waals surface area contributed by atoms with E-state index in [2.05, 4.69) is 28.4 Å². The lowest BCUT2D eigenvalue weighted by Gasteiger charge is -2.43. The fourth-order valence-electron chi connectivity index (χ4n) is 5.19. The molecular formula is C24H30FN7O3. The summed E-state index contributed by atoms with van der Waals surface area (Å²) in [6.45, 7) is 2.16. The Kier molecular flexibility index (Phi) is 7.21. The summed E-state index contributed by atoms with van der Waals surface area (Å²) in [5.41, 5.74) is 6.24. The Morgan fingerprint density at radius 3 is 2.51 bits per heavy atom. The number of hydrogen-bond acceptors (Lipinski definition) is 6. The maximum absolute atomic E-state index is 13.3. The summed E-state index contributed by atoms with van der Waals surface area (Å²) >= 11 is 0. The van der Waals surface area contributed by atoms with Crippen LogP contribution in [0.5, 0.6) is 0 Å². The zero-order valence-corrected chi connectivity index (χ0v) is 19.6. The Hall–Kier alpha value is -3.65. The quantitative estimate of drug-likeness (QED) is 0.573. The minimum Gasteiger partial charge on any atom is -0.465 e. The van der Waals surface area contributed by atoms with Crippen LogP contribution in [-0.2, 0) is 0 Å². The van der Waals surface area contributed by atoms with E-state index in [0.717, 1.165) is 25.9 Å². The van der Waals surface area contributed by atoms with Gasteiger partial charge in [-0.25, -0.2) is 9.18 Å². The molecule has 0 spiro atoms. The second kappa shape index (κ2) is 10.3. The van der Waals surface area contributed by atoms with E-state index in [1.165, 1.54) is 35.4 Å². The van der Waals surface area contributed by atoms with Gasteiger partial charge in [-0.3, -0.25) is 9.48 Å². The molecule has 4 N–H and O–H groups in total. The van der Waals surface area contributed by atoms with Crippen molar-refractivity contribution in [3.8, 4) is 6.07 Å². The number of carbonyl (C=O) groups is 2. The fourth-order valence-corrected chi connectivity index (χ4v) is 5.19. The summed E-state index contributed by atoms with van der Waals surface area (Å²) in [6.07, 6.45) is 3.39. The first-order valence-corrected chi connectivity index (χ1v) is 11.8. The molecule has 2 aliphatic rings. The number of likely N-dealkylation sites (tertiary alicyclic amines) is 2. The number of nitrogens with two attached hydrogens (primary N) is 1. The molecule has 11 heteroatoms. The molecule has 35 heavy (non-hydrogen) atoms. The molecule has 0 bridgehead atoms. The van der Waals surface area contributed by atoms with Gasteiger partial charge in [-0.05, 0) is 76.0 Å². The number of rotatable bonds is 6. The summed E-state index contributed by atoms with van der Waals surface area (Å²) in [7, 11) is 2.07. The normalized spacial score (nSPS) is 23.6. The molecule has 2 amide bonds. The number of hydrogen-bond donors (Lipinski definition) is 3. The molecular weight excluding hydrogens is 453 g/mol. The fraction of sp³-hybridized carbons (Fsp3) is 0.500. The zero-order chi connectivity index (χ0) is 25.1. The topological polar surface area (TPSA) is 141 Å². The van der Waals surface area contributed by atoms with Crippen molar-refractivity contribution in [1.82, 2.24) is 19.6 Å². The maximum atomic E-state index is 13.3. The van der Waals surface area contributed by atoms with Gasteiger partial charge in [-0.2, -0.15) is 10.4 Å². The van der Waals surface area contributed by atoms with E-state index in [9.17, 15) is 24.3 Å². The maximum Gasteiger partial charge on any atom is 0.407 e.